The number of amides is 1. The number of carbonyl (C=O) groups is 3. The van der Waals surface area contributed by atoms with E-state index in [-0.39, 0.29) is 25.1 Å². The van der Waals surface area contributed by atoms with Gasteiger partial charge in [0.2, 0.25) is 0 Å². The number of ether oxygens (including phenoxy) is 2. The molecule has 0 bridgehead atoms. The summed E-state index contributed by atoms with van der Waals surface area (Å²) < 4.78 is 10.3. The van der Waals surface area contributed by atoms with Crippen LogP contribution in [0.15, 0.2) is 0 Å². The largest absolute Gasteiger partial charge is 0.462 e. The number of thiophene rings is 1. The minimum Gasteiger partial charge on any atom is -0.462 e. The quantitative estimate of drug-likeness (QED) is 0.768. The van der Waals surface area contributed by atoms with E-state index < -0.39 is 11.9 Å². The van der Waals surface area contributed by atoms with Crippen molar-refractivity contribution in [2.75, 3.05) is 18.5 Å². The van der Waals surface area contributed by atoms with Gasteiger partial charge in [-0.3, -0.25) is 9.59 Å². The first kappa shape index (κ1) is 18.9. The highest BCUT2D eigenvalue weighted by atomic mass is 32.1. The van der Waals surface area contributed by atoms with E-state index in [1.807, 2.05) is 6.92 Å². The fourth-order valence-corrected chi connectivity index (χ4v) is 4.73. The molecule has 1 heterocycles. The van der Waals surface area contributed by atoms with Crippen LogP contribution in [0.3, 0.4) is 0 Å². The summed E-state index contributed by atoms with van der Waals surface area (Å²) in [6.07, 6.45) is 3.55. The van der Waals surface area contributed by atoms with Crippen LogP contribution in [-0.4, -0.2) is 31.1 Å². The fourth-order valence-electron chi connectivity index (χ4n) is 3.31. The van der Waals surface area contributed by atoms with Gasteiger partial charge in [-0.2, -0.15) is 0 Å². The van der Waals surface area contributed by atoms with Crippen LogP contribution in [0.4, 0.5) is 5.00 Å². The van der Waals surface area contributed by atoms with Gasteiger partial charge in [0.25, 0.3) is 5.91 Å². The van der Waals surface area contributed by atoms with Crippen LogP contribution in [0.5, 0.6) is 0 Å². The number of esters is 2. The second kappa shape index (κ2) is 7.78. The first-order chi connectivity index (χ1) is 12.4. The maximum atomic E-state index is 12.4. The van der Waals surface area contributed by atoms with Gasteiger partial charge in [0.1, 0.15) is 5.00 Å². The molecule has 1 saturated carbocycles. The lowest BCUT2D eigenvalue weighted by molar-refractivity contribution is -0.148. The molecule has 2 aliphatic carbocycles. The Morgan fingerprint density at radius 1 is 1.23 bits per heavy atom. The molecule has 0 radical (unpaired) electrons. The van der Waals surface area contributed by atoms with Crippen molar-refractivity contribution in [1.82, 2.24) is 0 Å². The molecule has 6 nitrogen and oxygen atoms in total. The average Bonchev–Trinajstić information content (AvgIpc) is 3.21. The standard InChI is InChI=1S/C19H25NO5S/c1-4-24-19(23)16-12-6-5-10(2)7-14(12)26-17(16)20-15(21)9-25-18(22)13-8-11(13)3/h10-11,13H,4-9H2,1-3H3,(H,20,21)/t10-,11-,13+/m1/s1. The summed E-state index contributed by atoms with van der Waals surface area (Å²) in [5.41, 5.74) is 1.46. The third-order valence-corrected chi connectivity index (χ3v) is 6.17. The molecule has 1 aromatic heterocycles. The summed E-state index contributed by atoms with van der Waals surface area (Å²) in [7, 11) is 0. The first-order valence-corrected chi connectivity index (χ1v) is 10.0. The lowest BCUT2D eigenvalue weighted by Crippen LogP contribution is -2.22. The molecule has 26 heavy (non-hydrogen) atoms. The topological polar surface area (TPSA) is 81.7 Å². The van der Waals surface area contributed by atoms with Crippen molar-refractivity contribution in [3.8, 4) is 0 Å². The Bertz CT molecular complexity index is 726. The molecule has 0 spiro atoms. The monoisotopic (exact) mass is 379 g/mol. The van der Waals surface area contributed by atoms with E-state index in [0.29, 0.717) is 22.4 Å². The molecule has 1 amide bonds. The van der Waals surface area contributed by atoms with E-state index in [1.165, 1.54) is 11.3 Å². The molecule has 0 saturated heterocycles. The highest BCUT2D eigenvalue weighted by Gasteiger charge is 2.40. The maximum absolute atomic E-state index is 12.4. The Morgan fingerprint density at radius 2 is 1.96 bits per heavy atom. The third kappa shape index (κ3) is 4.09. The van der Waals surface area contributed by atoms with Crippen LogP contribution in [0.2, 0.25) is 0 Å². The zero-order chi connectivity index (χ0) is 18.8. The van der Waals surface area contributed by atoms with Gasteiger partial charge in [-0.15, -0.1) is 11.3 Å². The van der Waals surface area contributed by atoms with Crippen LogP contribution >= 0.6 is 11.3 Å². The van der Waals surface area contributed by atoms with Crippen LogP contribution in [-0.2, 0) is 31.9 Å². The SMILES string of the molecule is CCOC(=O)c1c(NC(=O)COC(=O)[C@H]2C[C@H]2C)sc2c1CC[C@@H](C)C2. The van der Waals surface area contributed by atoms with E-state index in [4.69, 9.17) is 9.47 Å². The number of rotatable bonds is 6. The number of hydrogen-bond acceptors (Lipinski definition) is 6. The van der Waals surface area contributed by atoms with Crippen molar-refractivity contribution in [3.63, 3.8) is 0 Å². The van der Waals surface area contributed by atoms with Crippen molar-refractivity contribution in [2.45, 2.75) is 46.5 Å². The second-order valence-corrected chi connectivity index (χ2v) is 8.36. The summed E-state index contributed by atoms with van der Waals surface area (Å²) in [5.74, 6) is -0.332. The Hall–Kier alpha value is -1.89. The van der Waals surface area contributed by atoms with Crippen molar-refractivity contribution in [1.29, 1.82) is 0 Å². The molecule has 142 valence electrons. The molecule has 0 unspecified atom stereocenters. The van der Waals surface area contributed by atoms with Crippen molar-refractivity contribution < 1.29 is 23.9 Å². The molecular weight excluding hydrogens is 354 g/mol. The lowest BCUT2D eigenvalue weighted by Gasteiger charge is -2.18. The van der Waals surface area contributed by atoms with Gasteiger partial charge < -0.3 is 14.8 Å². The Balaban J connectivity index is 1.70. The third-order valence-electron chi connectivity index (χ3n) is 5.00. The molecule has 3 atom stereocenters. The molecular formula is C19H25NO5S. The van der Waals surface area contributed by atoms with E-state index in [0.717, 1.165) is 36.1 Å². The zero-order valence-electron chi connectivity index (χ0n) is 15.4. The maximum Gasteiger partial charge on any atom is 0.341 e. The minimum atomic E-state index is -0.427. The summed E-state index contributed by atoms with van der Waals surface area (Å²) in [4.78, 5) is 37.5. The van der Waals surface area contributed by atoms with Gasteiger partial charge in [-0.1, -0.05) is 13.8 Å². The van der Waals surface area contributed by atoms with E-state index in [9.17, 15) is 14.4 Å². The number of carbonyl (C=O) groups excluding carboxylic acids is 3. The Morgan fingerprint density at radius 3 is 2.62 bits per heavy atom. The number of nitrogens with one attached hydrogen (secondary N) is 1. The number of fused-ring (bicyclic) bond motifs is 1. The van der Waals surface area contributed by atoms with E-state index >= 15 is 0 Å². The molecule has 0 aromatic carbocycles. The van der Waals surface area contributed by atoms with Gasteiger partial charge in [0, 0.05) is 4.88 Å². The van der Waals surface area contributed by atoms with Crippen molar-refractivity contribution in [3.05, 3.63) is 16.0 Å². The van der Waals surface area contributed by atoms with Gasteiger partial charge >= 0.3 is 11.9 Å². The molecule has 2 aliphatic rings. The molecule has 3 rings (SSSR count). The minimum absolute atomic E-state index is 0.0755. The van der Waals surface area contributed by atoms with Gasteiger partial charge in [-0.25, -0.2) is 4.79 Å². The number of anilines is 1. The molecule has 1 aromatic rings. The summed E-state index contributed by atoms with van der Waals surface area (Å²) in [5, 5.41) is 3.25. The molecule has 1 fully saturated rings. The van der Waals surface area contributed by atoms with E-state index in [2.05, 4.69) is 12.2 Å². The summed E-state index contributed by atoms with van der Waals surface area (Å²) >= 11 is 1.43. The normalized spacial score (nSPS) is 23.7. The first-order valence-electron chi connectivity index (χ1n) is 9.18. The number of hydrogen-bond donors (Lipinski definition) is 1. The fraction of sp³-hybridized carbons (Fsp3) is 0.632. The summed E-state index contributed by atoms with van der Waals surface area (Å²) in [6, 6.07) is 0. The predicted octanol–water partition coefficient (Wildman–Crippen LogP) is 3.19. The smallest absolute Gasteiger partial charge is 0.341 e. The van der Waals surface area contributed by atoms with E-state index in [1.54, 1.807) is 6.92 Å². The summed E-state index contributed by atoms with van der Waals surface area (Å²) in [6.45, 7) is 5.88. The van der Waals surface area contributed by atoms with Crippen LogP contribution in [0.1, 0.15) is 54.4 Å². The van der Waals surface area contributed by atoms with Gasteiger partial charge in [0.05, 0.1) is 18.1 Å². The van der Waals surface area contributed by atoms with Crippen molar-refractivity contribution >= 4 is 34.2 Å². The molecule has 0 aliphatic heterocycles. The van der Waals surface area contributed by atoms with Crippen LogP contribution in [0, 0.1) is 17.8 Å². The highest BCUT2D eigenvalue weighted by Crippen LogP contribution is 2.40. The predicted molar refractivity (Wildman–Crippen MR) is 98.3 cm³/mol. The van der Waals surface area contributed by atoms with Crippen LogP contribution < -0.4 is 5.32 Å². The van der Waals surface area contributed by atoms with Gasteiger partial charge in [-0.05, 0) is 50.0 Å². The highest BCUT2D eigenvalue weighted by molar-refractivity contribution is 7.17. The van der Waals surface area contributed by atoms with Crippen LogP contribution in [0.25, 0.3) is 0 Å². The second-order valence-electron chi connectivity index (χ2n) is 7.25. The van der Waals surface area contributed by atoms with Gasteiger partial charge in [0.15, 0.2) is 6.61 Å². The zero-order valence-corrected chi connectivity index (χ0v) is 16.2. The Kier molecular flexibility index (Phi) is 5.65. The molecule has 1 N–H and O–H groups in total. The average molecular weight is 379 g/mol. The molecule has 7 heteroatoms. The lowest BCUT2D eigenvalue weighted by atomic mass is 9.88. The Labute approximate surface area is 157 Å². The van der Waals surface area contributed by atoms with Crippen molar-refractivity contribution in [2.24, 2.45) is 17.8 Å².